The molecule has 2 aliphatic rings. The number of hydrogen-bond acceptors (Lipinski definition) is 13. The van der Waals surface area contributed by atoms with Gasteiger partial charge in [0.15, 0.2) is 6.10 Å². The minimum Gasteiger partial charge on any atom is -0.462 e. The maximum Gasteiger partial charge on any atom is 0.472 e. The van der Waals surface area contributed by atoms with Crippen LogP contribution in [0.4, 0.5) is 0 Å². The fourth-order valence-corrected chi connectivity index (χ4v) is 8.91. The molecule has 364 valence electrons. The number of ether oxygens (including phenoxy) is 3. The van der Waals surface area contributed by atoms with E-state index in [9.17, 15) is 44.6 Å². The maximum atomic E-state index is 12.8. The summed E-state index contributed by atoms with van der Waals surface area (Å²) in [6.45, 7) is 3.28. The average molecular weight is 907 g/mol. The van der Waals surface area contributed by atoms with Crippen molar-refractivity contribution in [1.29, 1.82) is 0 Å². The first-order chi connectivity index (χ1) is 29.9. The van der Waals surface area contributed by atoms with Gasteiger partial charge >= 0.3 is 19.8 Å². The monoisotopic (exact) mass is 907 g/mol. The number of rotatable bonds is 40. The molecule has 1 saturated heterocycles. The number of aliphatic hydroxyl groups excluding tert-OH is 5. The van der Waals surface area contributed by atoms with Crippen LogP contribution in [-0.2, 0) is 37.4 Å². The van der Waals surface area contributed by atoms with Crippen LogP contribution in [-0.4, -0.2) is 111 Å². The van der Waals surface area contributed by atoms with Gasteiger partial charge in [-0.1, -0.05) is 167 Å². The summed E-state index contributed by atoms with van der Waals surface area (Å²) in [5, 5.41) is 50.2. The van der Waals surface area contributed by atoms with Gasteiger partial charge in [0.2, 0.25) is 0 Å². The van der Waals surface area contributed by atoms with E-state index >= 15 is 0 Å². The number of phosphoric acid groups is 1. The molecular weight excluding hydrogens is 819 g/mol. The lowest BCUT2D eigenvalue weighted by Gasteiger charge is -2.41. The molecule has 0 aromatic heterocycles. The van der Waals surface area contributed by atoms with Crippen LogP contribution in [0, 0.1) is 0 Å². The highest BCUT2D eigenvalue weighted by molar-refractivity contribution is 7.47. The molecular formula is C47H87O14P. The third kappa shape index (κ3) is 26.5. The molecule has 1 aliphatic carbocycles. The standard InChI is InChI=1S/C47H87O14P/c1-3-5-7-8-9-10-11-12-13-14-15-16-17-18-22-25-29-33-40(48)57-35-37(36-58-62(55,56)61-47-45(53)43(51)42(50)44(52)46(47)54)59-41(49)34-30-26-23-20-19-21-24-28-32-39-38(60-39)31-27-6-4-2/h24,28,37-39,42-47,50-54H,3-23,25-27,29-36H2,1-2H3,(H,55,56)/b28-24-/t37-,38?,39?,42?,43-,44+,45-,46-,47?/m1/s1. The lowest BCUT2D eigenvalue weighted by atomic mass is 9.85. The van der Waals surface area contributed by atoms with Crippen LogP contribution in [0.15, 0.2) is 12.2 Å². The van der Waals surface area contributed by atoms with E-state index in [4.69, 9.17) is 23.3 Å². The molecule has 0 spiro atoms. The van der Waals surface area contributed by atoms with Gasteiger partial charge in [-0.2, -0.15) is 0 Å². The van der Waals surface area contributed by atoms with Gasteiger partial charge in [-0.25, -0.2) is 4.57 Å². The molecule has 6 N–H and O–H groups in total. The molecule has 1 aliphatic heterocycles. The molecule has 0 amide bonds. The van der Waals surface area contributed by atoms with Crippen LogP contribution in [0.1, 0.15) is 206 Å². The number of phosphoric ester groups is 1. The second kappa shape index (κ2) is 34.8. The molecule has 62 heavy (non-hydrogen) atoms. The number of allylic oxidation sites excluding steroid dienone is 1. The quantitative estimate of drug-likeness (QED) is 0.0111. The third-order valence-corrected chi connectivity index (χ3v) is 13.0. The lowest BCUT2D eigenvalue weighted by Crippen LogP contribution is -2.64. The number of aliphatic hydroxyl groups is 5. The fraction of sp³-hybridized carbons (Fsp3) is 0.915. The van der Waals surface area contributed by atoms with E-state index < -0.39 is 75.7 Å². The molecule has 1 saturated carbocycles. The normalized spacial score (nSPS) is 25.2. The zero-order valence-electron chi connectivity index (χ0n) is 38.4. The number of carbonyl (C=O) groups excluding carboxylic acids is 2. The Kier molecular flexibility index (Phi) is 31.8. The summed E-state index contributed by atoms with van der Waals surface area (Å²) in [6, 6.07) is 0. The van der Waals surface area contributed by atoms with Gasteiger partial charge in [0.25, 0.3) is 0 Å². The van der Waals surface area contributed by atoms with Crippen LogP contribution in [0.2, 0.25) is 0 Å². The zero-order chi connectivity index (χ0) is 45.4. The number of carbonyl (C=O) groups is 2. The van der Waals surface area contributed by atoms with E-state index in [2.05, 4.69) is 26.0 Å². The summed E-state index contributed by atoms with van der Waals surface area (Å²) in [7, 11) is -5.12. The highest BCUT2D eigenvalue weighted by atomic mass is 31.2. The second-order valence-corrected chi connectivity index (χ2v) is 19.1. The molecule has 10 atom stereocenters. The van der Waals surface area contributed by atoms with Gasteiger partial charge < -0.3 is 44.6 Å². The first-order valence-electron chi connectivity index (χ1n) is 24.6. The van der Waals surface area contributed by atoms with Crippen molar-refractivity contribution in [2.45, 2.75) is 261 Å². The van der Waals surface area contributed by atoms with E-state index in [-0.39, 0.29) is 12.8 Å². The predicted molar refractivity (Wildman–Crippen MR) is 239 cm³/mol. The van der Waals surface area contributed by atoms with Crippen LogP contribution < -0.4 is 0 Å². The highest BCUT2D eigenvalue weighted by Crippen LogP contribution is 2.47. The molecule has 2 rings (SSSR count). The Morgan fingerprint density at radius 2 is 1.02 bits per heavy atom. The Morgan fingerprint density at radius 3 is 1.55 bits per heavy atom. The summed E-state index contributed by atoms with van der Waals surface area (Å²) in [4.78, 5) is 35.8. The molecule has 14 nitrogen and oxygen atoms in total. The summed E-state index contributed by atoms with van der Waals surface area (Å²) >= 11 is 0. The first kappa shape index (κ1) is 56.7. The molecule has 0 bridgehead atoms. The molecule has 2 fully saturated rings. The van der Waals surface area contributed by atoms with Crippen molar-refractivity contribution in [2.75, 3.05) is 13.2 Å². The molecule has 15 heteroatoms. The van der Waals surface area contributed by atoms with E-state index in [1.807, 2.05) is 0 Å². The topological polar surface area (TPSA) is 222 Å². The van der Waals surface area contributed by atoms with Crippen molar-refractivity contribution >= 4 is 19.8 Å². The van der Waals surface area contributed by atoms with Crippen molar-refractivity contribution in [3.8, 4) is 0 Å². The van der Waals surface area contributed by atoms with Crippen molar-refractivity contribution in [3.05, 3.63) is 12.2 Å². The Bertz CT molecular complexity index is 1210. The average Bonchev–Trinajstić information content (AvgIpc) is 4.01. The Labute approximate surface area is 373 Å². The molecule has 0 radical (unpaired) electrons. The Hall–Kier alpha value is -1.45. The summed E-state index contributed by atoms with van der Waals surface area (Å²) in [5.41, 5.74) is 0. The molecule has 5 unspecified atom stereocenters. The summed E-state index contributed by atoms with van der Waals surface area (Å²) < 4.78 is 39.3. The van der Waals surface area contributed by atoms with Crippen LogP contribution in [0.25, 0.3) is 0 Å². The van der Waals surface area contributed by atoms with Crippen molar-refractivity contribution in [1.82, 2.24) is 0 Å². The number of hydrogen-bond donors (Lipinski definition) is 6. The lowest BCUT2D eigenvalue weighted by molar-refractivity contribution is -0.220. The van der Waals surface area contributed by atoms with Gasteiger partial charge in [0.05, 0.1) is 18.8 Å². The molecule has 0 aromatic carbocycles. The summed E-state index contributed by atoms with van der Waals surface area (Å²) in [6.07, 6.45) is 24.3. The van der Waals surface area contributed by atoms with Crippen LogP contribution in [0.5, 0.6) is 0 Å². The van der Waals surface area contributed by atoms with Gasteiger partial charge in [0.1, 0.15) is 43.2 Å². The van der Waals surface area contributed by atoms with Crippen molar-refractivity contribution in [3.63, 3.8) is 0 Å². The van der Waals surface area contributed by atoms with E-state index in [0.29, 0.717) is 25.0 Å². The smallest absolute Gasteiger partial charge is 0.462 e. The van der Waals surface area contributed by atoms with Gasteiger partial charge in [0, 0.05) is 12.8 Å². The third-order valence-electron chi connectivity index (χ3n) is 12.0. The number of unbranched alkanes of at least 4 members (excludes halogenated alkanes) is 23. The summed E-state index contributed by atoms with van der Waals surface area (Å²) in [5.74, 6) is -1.11. The SMILES string of the molecule is CCCCCCCCCCCCCCCCCCCC(=O)OC[C@H](COP(=O)(O)OC1[C@H](O)[C@H](O)C(O)[C@H](O)[C@H]1O)OC(=O)CCCCCCC/C=C\CC1OC1CCCCC. The minimum absolute atomic E-state index is 0.0796. The Balaban J connectivity index is 1.67. The molecule has 0 aromatic rings. The van der Waals surface area contributed by atoms with Crippen molar-refractivity contribution < 1.29 is 67.8 Å². The van der Waals surface area contributed by atoms with Gasteiger partial charge in [-0.15, -0.1) is 0 Å². The largest absolute Gasteiger partial charge is 0.472 e. The highest BCUT2D eigenvalue weighted by Gasteiger charge is 2.51. The number of epoxide rings is 1. The van der Waals surface area contributed by atoms with Crippen LogP contribution in [0.3, 0.4) is 0 Å². The maximum absolute atomic E-state index is 12.8. The van der Waals surface area contributed by atoms with Gasteiger partial charge in [-0.05, 0) is 38.5 Å². The zero-order valence-corrected chi connectivity index (χ0v) is 39.3. The van der Waals surface area contributed by atoms with E-state index in [1.165, 1.54) is 103 Å². The fourth-order valence-electron chi connectivity index (χ4n) is 7.94. The number of esters is 2. The van der Waals surface area contributed by atoms with Gasteiger partial charge in [-0.3, -0.25) is 18.6 Å². The molecule has 1 heterocycles. The second-order valence-electron chi connectivity index (χ2n) is 17.7. The minimum atomic E-state index is -5.12. The first-order valence-corrected chi connectivity index (χ1v) is 26.1. The predicted octanol–water partition coefficient (Wildman–Crippen LogP) is 8.83. The van der Waals surface area contributed by atoms with Crippen LogP contribution >= 0.6 is 7.82 Å². The van der Waals surface area contributed by atoms with E-state index in [0.717, 1.165) is 64.2 Å². The van der Waals surface area contributed by atoms with Crippen molar-refractivity contribution in [2.24, 2.45) is 0 Å². The Morgan fingerprint density at radius 1 is 0.565 bits per heavy atom. The van der Waals surface area contributed by atoms with E-state index in [1.54, 1.807) is 0 Å².